The molecule has 3 heteroatoms. The van der Waals surface area contributed by atoms with Crippen LogP contribution >= 0.6 is 0 Å². The van der Waals surface area contributed by atoms with Crippen molar-refractivity contribution in [3.63, 3.8) is 0 Å². The fourth-order valence-electron chi connectivity index (χ4n) is 2.79. The molecule has 3 unspecified atom stereocenters. The number of rotatable bonds is 3. The Hall–Kier alpha value is -0.120. The lowest BCUT2D eigenvalue weighted by molar-refractivity contribution is 0.124. The summed E-state index contributed by atoms with van der Waals surface area (Å²) in [4.78, 5) is 0. The third-order valence-corrected chi connectivity index (χ3v) is 3.60. The molecule has 2 rings (SSSR count). The van der Waals surface area contributed by atoms with Crippen molar-refractivity contribution in [1.29, 1.82) is 0 Å². The second-order valence-electron chi connectivity index (χ2n) is 4.96. The summed E-state index contributed by atoms with van der Waals surface area (Å²) in [6.07, 6.45) is 2.48. The van der Waals surface area contributed by atoms with Gasteiger partial charge in [-0.2, -0.15) is 0 Å². The Balaban J connectivity index is 1.86. The molecule has 2 heterocycles. The lowest BCUT2D eigenvalue weighted by atomic mass is 9.86. The van der Waals surface area contributed by atoms with Crippen LogP contribution in [-0.4, -0.2) is 39.0 Å². The van der Waals surface area contributed by atoms with Gasteiger partial charge in [0.05, 0.1) is 6.61 Å². The second-order valence-corrected chi connectivity index (χ2v) is 4.96. The molecule has 2 fully saturated rings. The van der Waals surface area contributed by atoms with Crippen LogP contribution in [-0.2, 0) is 9.47 Å². The highest BCUT2D eigenvalue weighted by Gasteiger charge is 2.39. The van der Waals surface area contributed by atoms with Crippen LogP contribution in [0.4, 0.5) is 0 Å². The minimum Gasteiger partial charge on any atom is -0.383 e. The van der Waals surface area contributed by atoms with E-state index in [-0.39, 0.29) is 5.54 Å². The molecule has 2 saturated heterocycles. The predicted molar refractivity (Wildman–Crippen MR) is 55.3 cm³/mol. The molecular weight excluding hydrogens is 178 g/mol. The highest BCUT2D eigenvalue weighted by atomic mass is 16.5. The number of nitrogens with one attached hydrogen (secondary N) is 1. The molecule has 0 bridgehead atoms. The maximum Gasteiger partial charge on any atom is 0.0641 e. The predicted octanol–water partition coefficient (Wildman–Crippen LogP) is 1.04. The van der Waals surface area contributed by atoms with Gasteiger partial charge < -0.3 is 14.8 Å². The van der Waals surface area contributed by atoms with E-state index in [1.165, 1.54) is 12.8 Å². The van der Waals surface area contributed by atoms with Gasteiger partial charge in [-0.1, -0.05) is 0 Å². The van der Waals surface area contributed by atoms with Gasteiger partial charge in [-0.25, -0.2) is 0 Å². The zero-order valence-electron chi connectivity index (χ0n) is 9.21. The van der Waals surface area contributed by atoms with Crippen molar-refractivity contribution in [2.45, 2.75) is 25.3 Å². The summed E-state index contributed by atoms with van der Waals surface area (Å²) < 4.78 is 10.7. The van der Waals surface area contributed by atoms with E-state index in [0.29, 0.717) is 0 Å². The van der Waals surface area contributed by atoms with Gasteiger partial charge in [0.25, 0.3) is 0 Å². The van der Waals surface area contributed by atoms with E-state index in [9.17, 15) is 0 Å². The fourth-order valence-corrected chi connectivity index (χ4v) is 2.79. The largest absolute Gasteiger partial charge is 0.383 e. The fraction of sp³-hybridized carbons (Fsp3) is 1.00. The molecule has 3 atom stereocenters. The molecular formula is C11H21NO2. The normalized spacial score (nSPS) is 43.3. The standard InChI is InChI=1S/C11H21NO2/c1-11(8-13-2)5-10(6-12-11)9-3-4-14-7-9/h9-10,12H,3-8H2,1-2H3. The molecule has 0 spiro atoms. The first-order valence-electron chi connectivity index (χ1n) is 5.55. The highest BCUT2D eigenvalue weighted by Crippen LogP contribution is 2.33. The van der Waals surface area contributed by atoms with Gasteiger partial charge >= 0.3 is 0 Å². The molecule has 2 aliphatic heterocycles. The molecule has 14 heavy (non-hydrogen) atoms. The van der Waals surface area contributed by atoms with Crippen molar-refractivity contribution in [3.8, 4) is 0 Å². The molecule has 0 saturated carbocycles. The van der Waals surface area contributed by atoms with Crippen molar-refractivity contribution in [1.82, 2.24) is 5.32 Å². The van der Waals surface area contributed by atoms with Gasteiger partial charge in [0.15, 0.2) is 0 Å². The third kappa shape index (κ3) is 2.10. The first-order chi connectivity index (χ1) is 6.73. The number of hydrogen-bond acceptors (Lipinski definition) is 3. The van der Waals surface area contributed by atoms with Crippen LogP contribution in [0.3, 0.4) is 0 Å². The topological polar surface area (TPSA) is 30.5 Å². The van der Waals surface area contributed by atoms with Crippen molar-refractivity contribution in [3.05, 3.63) is 0 Å². The molecule has 0 radical (unpaired) electrons. The van der Waals surface area contributed by atoms with Crippen LogP contribution < -0.4 is 5.32 Å². The average Bonchev–Trinajstić information content (AvgIpc) is 2.73. The van der Waals surface area contributed by atoms with E-state index < -0.39 is 0 Å². The zero-order chi connectivity index (χ0) is 10.0. The molecule has 2 aliphatic rings. The molecule has 1 N–H and O–H groups in total. The van der Waals surface area contributed by atoms with E-state index in [2.05, 4.69) is 12.2 Å². The van der Waals surface area contributed by atoms with E-state index in [1.54, 1.807) is 7.11 Å². The summed E-state index contributed by atoms with van der Waals surface area (Å²) in [5.74, 6) is 1.57. The van der Waals surface area contributed by atoms with E-state index in [0.717, 1.165) is 38.2 Å². The van der Waals surface area contributed by atoms with Crippen LogP contribution in [0.25, 0.3) is 0 Å². The monoisotopic (exact) mass is 199 g/mol. The first kappa shape index (κ1) is 10.4. The molecule has 3 nitrogen and oxygen atoms in total. The van der Waals surface area contributed by atoms with Gasteiger partial charge in [0, 0.05) is 25.9 Å². The second kappa shape index (κ2) is 4.17. The lowest BCUT2D eigenvalue weighted by Crippen LogP contribution is -2.40. The van der Waals surface area contributed by atoms with E-state index >= 15 is 0 Å². The minimum atomic E-state index is 0.196. The molecule has 0 aliphatic carbocycles. The number of hydrogen-bond donors (Lipinski definition) is 1. The summed E-state index contributed by atoms with van der Waals surface area (Å²) in [6.45, 7) is 6.13. The maximum absolute atomic E-state index is 5.44. The van der Waals surface area contributed by atoms with Gasteiger partial charge in [-0.15, -0.1) is 0 Å². The zero-order valence-corrected chi connectivity index (χ0v) is 9.21. The smallest absolute Gasteiger partial charge is 0.0641 e. The molecule has 0 amide bonds. The Morgan fingerprint density at radius 1 is 1.50 bits per heavy atom. The maximum atomic E-state index is 5.44. The molecule has 82 valence electrons. The van der Waals surface area contributed by atoms with Crippen LogP contribution in [0.2, 0.25) is 0 Å². The van der Waals surface area contributed by atoms with Crippen molar-refractivity contribution >= 4 is 0 Å². The highest BCUT2D eigenvalue weighted by molar-refractivity contribution is 4.95. The number of ether oxygens (including phenoxy) is 2. The summed E-state index contributed by atoms with van der Waals surface area (Å²) in [7, 11) is 1.78. The van der Waals surface area contributed by atoms with Gasteiger partial charge in [0.2, 0.25) is 0 Å². The quantitative estimate of drug-likeness (QED) is 0.736. The summed E-state index contributed by atoms with van der Waals surface area (Å²) in [6, 6.07) is 0. The SMILES string of the molecule is COCC1(C)CC(C2CCOC2)CN1. The summed E-state index contributed by atoms with van der Waals surface area (Å²) in [5, 5.41) is 3.58. The van der Waals surface area contributed by atoms with Gasteiger partial charge in [-0.05, 0) is 38.1 Å². The molecule has 0 aromatic carbocycles. The van der Waals surface area contributed by atoms with E-state index in [4.69, 9.17) is 9.47 Å². The van der Waals surface area contributed by atoms with Crippen LogP contribution in [0, 0.1) is 11.8 Å². The Morgan fingerprint density at radius 3 is 3.00 bits per heavy atom. The Morgan fingerprint density at radius 2 is 2.36 bits per heavy atom. The average molecular weight is 199 g/mol. The summed E-state index contributed by atoms with van der Waals surface area (Å²) in [5.41, 5.74) is 0.196. The van der Waals surface area contributed by atoms with Crippen molar-refractivity contribution in [2.75, 3.05) is 33.5 Å². The first-order valence-corrected chi connectivity index (χ1v) is 5.55. The number of methoxy groups -OCH3 is 1. The van der Waals surface area contributed by atoms with Gasteiger partial charge in [0.1, 0.15) is 0 Å². The minimum absolute atomic E-state index is 0.196. The van der Waals surface area contributed by atoms with Gasteiger partial charge in [-0.3, -0.25) is 0 Å². The summed E-state index contributed by atoms with van der Waals surface area (Å²) >= 11 is 0. The van der Waals surface area contributed by atoms with Crippen LogP contribution in [0.5, 0.6) is 0 Å². The molecule has 0 aromatic heterocycles. The van der Waals surface area contributed by atoms with E-state index in [1.807, 2.05) is 0 Å². The molecule has 0 aromatic rings. The van der Waals surface area contributed by atoms with Crippen molar-refractivity contribution in [2.24, 2.45) is 11.8 Å². The Bertz CT molecular complexity index is 192. The Labute approximate surface area is 86.2 Å². The van der Waals surface area contributed by atoms with Crippen molar-refractivity contribution < 1.29 is 9.47 Å². The van der Waals surface area contributed by atoms with Crippen LogP contribution in [0.15, 0.2) is 0 Å². The lowest BCUT2D eigenvalue weighted by Gasteiger charge is -2.24. The Kier molecular flexibility index (Phi) is 3.10. The third-order valence-electron chi connectivity index (χ3n) is 3.60. The van der Waals surface area contributed by atoms with Crippen LogP contribution in [0.1, 0.15) is 19.8 Å².